The lowest BCUT2D eigenvalue weighted by Crippen LogP contribution is -2.26. The molecule has 0 fully saturated rings. The van der Waals surface area contributed by atoms with Gasteiger partial charge in [-0.1, -0.05) is 17.7 Å². The summed E-state index contributed by atoms with van der Waals surface area (Å²) in [6.45, 7) is 1.38. The molecule has 0 aliphatic heterocycles. The second-order valence-corrected chi connectivity index (χ2v) is 7.68. The maximum atomic E-state index is 14.3. The summed E-state index contributed by atoms with van der Waals surface area (Å²) in [6, 6.07) is 3.12. The van der Waals surface area contributed by atoms with Crippen molar-refractivity contribution in [1.82, 2.24) is 9.97 Å². The van der Waals surface area contributed by atoms with Crippen molar-refractivity contribution < 1.29 is 32.3 Å². The molecule has 0 saturated heterocycles. The Kier molecular flexibility index (Phi) is 6.65. The van der Waals surface area contributed by atoms with E-state index in [0.717, 1.165) is 29.7 Å². The first-order valence-corrected chi connectivity index (χ1v) is 10.0. The molecule has 13 heteroatoms. The largest absolute Gasteiger partial charge is 0.480 e. The van der Waals surface area contributed by atoms with Gasteiger partial charge in [-0.3, -0.25) is 14.9 Å². The maximum absolute atomic E-state index is 14.3. The first-order chi connectivity index (χ1) is 15.0. The van der Waals surface area contributed by atoms with Crippen LogP contribution in [0.2, 0.25) is 5.02 Å². The number of halogens is 5. The third-order valence-electron chi connectivity index (χ3n) is 4.13. The number of hydrogen-bond acceptors (Lipinski definition) is 6. The molecule has 0 unspecified atom stereocenters. The van der Waals surface area contributed by atoms with E-state index in [4.69, 9.17) is 16.7 Å². The minimum atomic E-state index is -4.86. The van der Waals surface area contributed by atoms with Gasteiger partial charge in [0.2, 0.25) is 0 Å². The number of rotatable bonds is 6. The van der Waals surface area contributed by atoms with Crippen LogP contribution in [-0.4, -0.2) is 33.0 Å². The number of nitrogens with zero attached hydrogens (tertiary/aromatic N) is 2. The van der Waals surface area contributed by atoms with Crippen molar-refractivity contribution >= 4 is 45.8 Å². The fourth-order valence-corrected chi connectivity index (χ4v) is 3.43. The van der Waals surface area contributed by atoms with Crippen LogP contribution in [0, 0.1) is 5.82 Å². The number of carboxylic acid groups (broad SMARTS) is 1. The van der Waals surface area contributed by atoms with E-state index in [2.05, 4.69) is 20.6 Å². The third kappa shape index (κ3) is 5.14. The van der Waals surface area contributed by atoms with Gasteiger partial charge in [-0.05, 0) is 25.1 Å². The molecule has 0 spiro atoms. The Balaban J connectivity index is 1.77. The summed E-state index contributed by atoms with van der Waals surface area (Å²) in [4.78, 5) is 31.2. The fourth-order valence-electron chi connectivity index (χ4n) is 2.51. The van der Waals surface area contributed by atoms with Gasteiger partial charge in [0.15, 0.2) is 5.13 Å². The number of carboxylic acids is 1. The van der Waals surface area contributed by atoms with Crippen LogP contribution in [0.4, 0.5) is 28.5 Å². The van der Waals surface area contributed by atoms with Gasteiger partial charge >= 0.3 is 12.1 Å². The number of pyridine rings is 1. The van der Waals surface area contributed by atoms with Gasteiger partial charge in [0.1, 0.15) is 17.7 Å². The van der Waals surface area contributed by atoms with Gasteiger partial charge in [-0.25, -0.2) is 14.4 Å². The number of hydrogen-bond donors (Lipinski definition) is 3. The first kappa shape index (κ1) is 23.4. The quantitative estimate of drug-likeness (QED) is 0.414. The van der Waals surface area contributed by atoms with Crippen LogP contribution >= 0.6 is 22.9 Å². The lowest BCUT2D eigenvalue weighted by Gasteiger charge is -2.12. The van der Waals surface area contributed by atoms with E-state index in [9.17, 15) is 27.2 Å². The predicted octanol–water partition coefficient (Wildman–Crippen LogP) is 5.15. The normalized spacial score (nSPS) is 12.3. The number of carbonyl (C=O) groups is 2. The molecule has 3 N–H and O–H groups in total. The first-order valence-electron chi connectivity index (χ1n) is 8.75. The summed E-state index contributed by atoms with van der Waals surface area (Å²) < 4.78 is 53.0. The predicted molar refractivity (Wildman–Crippen MR) is 110 cm³/mol. The Morgan fingerprint density at radius 3 is 2.62 bits per heavy atom. The summed E-state index contributed by atoms with van der Waals surface area (Å²) in [7, 11) is 0. The second kappa shape index (κ2) is 9.09. The maximum Gasteiger partial charge on any atom is 0.419 e. The Bertz CT molecular complexity index is 1190. The SMILES string of the molecule is C[C@@H](Nc1ncc(C(=O)Nc2nc(-c3cccc(C(F)(F)F)c3F)cs2)cc1Cl)C(=O)O. The van der Waals surface area contributed by atoms with Gasteiger partial charge in [0.05, 0.1) is 21.8 Å². The minimum absolute atomic E-state index is 0.00313. The zero-order valence-electron chi connectivity index (χ0n) is 16.0. The van der Waals surface area contributed by atoms with Crippen LogP contribution in [0.1, 0.15) is 22.8 Å². The second-order valence-electron chi connectivity index (χ2n) is 6.42. The molecule has 0 aliphatic carbocycles. The van der Waals surface area contributed by atoms with Crippen LogP contribution < -0.4 is 10.6 Å². The van der Waals surface area contributed by atoms with Crippen molar-refractivity contribution in [3.8, 4) is 11.3 Å². The summed E-state index contributed by atoms with van der Waals surface area (Å²) >= 11 is 6.92. The number of nitrogens with one attached hydrogen (secondary N) is 2. The molecule has 1 aromatic carbocycles. The minimum Gasteiger partial charge on any atom is -0.480 e. The van der Waals surface area contributed by atoms with E-state index in [1.807, 2.05) is 0 Å². The Labute approximate surface area is 187 Å². The van der Waals surface area contributed by atoms with E-state index >= 15 is 0 Å². The molecule has 0 saturated carbocycles. The van der Waals surface area contributed by atoms with E-state index < -0.39 is 35.5 Å². The molecule has 32 heavy (non-hydrogen) atoms. The Morgan fingerprint density at radius 1 is 1.28 bits per heavy atom. The summed E-state index contributed by atoms with van der Waals surface area (Å²) in [5.41, 5.74) is -1.83. The van der Waals surface area contributed by atoms with Crippen molar-refractivity contribution in [2.24, 2.45) is 0 Å². The summed E-state index contributed by atoms with van der Waals surface area (Å²) in [5.74, 6) is -3.20. The number of anilines is 2. The van der Waals surface area contributed by atoms with E-state index in [-0.39, 0.29) is 32.8 Å². The molecule has 1 atom stereocenters. The highest BCUT2D eigenvalue weighted by Crippen LogP contribution is 2.36. The summed E-state index contributed by atoms with van der Waals surface area (Å²) in [5, 5.41) is 15.2. The molecule has 0 aliphatic rings. The fraction of sp³-hybridized carbons (Fsp3) is 0.158. The average Bonchev–Trinajstić information content (AvgIpc) is 3.16. The van der Waals surface area contributed by atoms with Crippen LogP contribution in [0.25, 0.3) is 11.3 Å². The van der Waals surface area contributed by atoms with E-state index in [0.29, 0.717) is 6.07 Å². The van der Waals surface area contributed by atoms with E-state index in [1.54, 1.807) is 0 Å². The molecule has 3 rings (SSSR count). The Morgan fingerprint density at radius 2 is 2.00 bits per heavy atom. The molecule has 168 valence electrons. The number of aromatic nitrogens is 2. The number of amides is 1. The molecule has 1 amide bonds. The molecule has 0 bridgehead atoms. The topological polar surface area (TPSA) is 104 Å². The van der Waals surface area contributed by atoms with Crippen molar-refractivity contribution in [3.63, 3.8) is 0 Å². The van der Waals surface area contributed by atoms with Gasteiger partial charge in [-0.15, -0.1) is 11.3 Å². The van der Waals surface area contributed by atoms with Crippen molar-refractivity contribution in [2.75, 3.05) is 10.6 Å². The van der Waals surface area contributed by atoms with Crippen molar-refractivity contribution in [1.29, 1.82) is 0 Å². The van der Waals surface area contributed by atoms with E-state index in [1.165, 1.54) is 18.4 Å². The highest BCUT2D eigenvalue weighted by molar-refractivity contribution is 7.14. The molecule has 0 radical (unpaired) electrons. The lowest BCUT2D eigenvalue weighted by molar-refractivity contribution is -0.140. The zero-order valence-corrected chi connectivity index (χ0v) is 17.6. The molecular weight excluding hydrogens is 476 g/mol. The molecule has 2 heterocycles. The monoisotopic (exact) mass is 488 g/mol. The smallest absolute Gasteiger partial charge is 0.419 e. The third-order valence-corrected chi connectivity index (χ3v) is 5.18. The van der Waals surface area contributed by atoms with Gasteiger partial charge < -0.3 is 10.4 Å². The zero-order chi connectivity index (χ0) is 23.6. The average molecular weight is 489 g/mol. The highest BCUT2D eigenvalue weighted by Gasteiger charge is 2.35. The summed E-state index contributed by atoms with van der Waals surface area (Å²) in [6.07, 6.45) is -3.71. The van der Waals surface area contributed by atoms with Crippen LogP contribution in [0.5, 0.6) is 0 Å². The molecule has 3 aromatic rings. The van der Waals surface area contributed by atoms with Crippen molar-refractivity contribution in [3.05, 3.63) is 57.8 Å². The van der Waals surface area contributed by atoms with Crippen LogP contribution in [-0.2, 0) is 11.0 Å². The number of aliphatic carboxylic acids is 1. The lowest BCUT2D eigenvalue weighted by atomic mass is 10.1. The van der Waals surface area contributed by atoms with Gasteiger partial charge in [0.25, 0.3) is 5.91 Å². The number of benzene rings is 1. The van der Waals surface area contributed by atoms with Crippen LogP contribution in [0.15, 0.2) is 35.8 Å². The highest BCUT2D eigenvalue weighted by atomic mass is 35.5. The molecular formula is C19H13ClF4N4O3S. The van der Waals surface area contributed by atoms with Crippen LogP contribution in [0.3, 0.4) is 0 Å². The number of alkyl halides is 3. The molecule has 7 nitrogen and oxygen atoms in total. The standard InChI is InChI=1S/C19H13ClF4N4O3S/c1-8(17(30)31)26-15-12(20)5-9(6-25-15)16(29)28-18-27-13(7-32-18)10-3-2-4-11(14(10)21)19(22,23)24/h2-8H,1H3,(H,25,26)(H,30,31)(H,27,28,29)/t8-/m1/s1. The van der Waals surface area contributed by atoms with Gasteiger partial charge in [0, 0.05) is 17.1 Å². The Hall–Kier alpha value is -3.25. The molecule has 2 aromatic heterocycles. The number of carbonyl (C=O) groups excluding carboxylic acids is 1. The number of thiazole rings is 1. The van der Waals surface area contributed by atoms with Gasteiger partial charge in [-0.2, -0.15) is 13.2 Å². The van der Waals surface area contributed by atoms with Crippen molar-refractivity contribution in [2.45, 2.75) is 19.1 Å².